The molecule has 0 aliphatic carbocycles. The number of nitro groups is 1. The fraction of sp³-hybridized carbons (Fsp3) is 0.286. The van der Waals surface area contributed by atoms with Crippen molar-refractivity contribution in [1.82, 2.24) is 4.90 Å². The molecule has 2 aromatic carbocycles. The Kier molecular flexibility index (Phi) is 4.92. The van der Waals surface area contributed by atoms with Crippen molar-refractivity contribution in [3.63, 3.8) is 0 Å². The number of nitro benzene ring substituents is 1. The van der Waals surface area contributed by atoms with Crippen LogP contribution in [0.4, 0.5) is 5.69 Å². The predicted octanol–water partition coefficient (Wildman–Crippen LogP) is 2.56. The molecular formula is C21H20N2O7. The van der Waals surface area contributed by atoms with Crippen LogP contribution in [0.3, 0.4) is 0 Å². The standard InChI is InChI=1S/C21H20N2O7/c1-22-6-5-13(17(27)10-22)19-14(24)8-15(25)20-16(26)9-18(30-21(19)20)11-3-2-4-12(7-11)23(28)29/h2-4,7-9,13,17,24-25,27H,5-6,10H2,1H3/t13-,17+/m0/s1. The molecule has 1 saturated heterocycles. The highest BCUT2D eigenvalue weighted by Gasteiger charge is 2.33. The number of likely N-dealkylation sites (N-methyl/N-ethyl adjacent to an activating group) is 1. The van der Waals surface area contributed by atoms with E-state index in [1.807, 2.05) is 11.9 Å². The molecule has 1 aliphatic rings. The molecule has 3 aromatic rings. The van der Waals surface area contributed by atoms with Gasteiger partial charge in [0.2, 0.25) is 0 Å². The summed E-state index contributed by atoms with van der Waals surface area (Å²) in [7, 11) is 1.87. The molecule has 0 spiro atoms. The highest BCUT2D eigenvalue weighted by molar-refractivity contribution is 5.89. The SMILES string of the molecule is CN1CC[C@H](c2c(O)cc(O)c3c(=O)cc(-c4cccc([N+](=O)[O-])c4)oc23)[C@H](O)C1. The van der Waals surface area contributed by atoms with Gasteiger partial charge in [-0.15, -0.1) is 0 Å². The first kappa shape index (κ1) is 19.9. The number of likely N-dealkylation sites (tertiary alicyclic amines) is 1. The molecule has 1 aliphatic heterocycles. The highest BCUT2D eigenvalue weighted by Crippen LogP contribution is 2.42. The van der Waals surface area contributed by atoms with Gasteiger partial charge in [-0.25, -0.2) is 0 Å². The first-order chi connectivity index (χ1) is 14.3. The van der Waals surface area contributed by atoms with Crippen molar-refractivity contribution in [2.45, 2.75) is 18.4 Å². The Balaban J connectivity index is 1.96. The molecule has 156 valence electrons. The summed E-state index contributed by atoms with van der Waals surface area (Å²) in [6.45, 7) is 1.04. The van der Waals surface area contributed by atoms with Gasteiger partial charge >= 0.3 is 0 Å². The number of benzene rings is 2. The molecule has 4 rings (SSSR count). The molecular weight excluding hydrogens is 392 g/mol. The number of non-ortho nitro benzene ring substituents is 1. The van der Waals surface area contributed by atoms with Gasteiger partial charge in [0.1, 0.15) is 28.2 Å². The number of hydrogen-bond donors (Lipinski definition) is 3. The minimum atomic E-state index is -0.811. The van der Waals surface area contributed by atoms with Crippen LogP contribution in [0.25, 0.3) is 22.3 Å². The van der Waals surface area contributed by atoms with E-state index in [0.29, 0.717) is 25.1 Å². The number of nitrogens with zero attached hydrogens (tertiary/aromatic N) is 2. The Bertz CT molecular complexity index is 1200. The van der Waals surface area contributed by atoms with Crippen molar-refractivity contribution in [2.75, 3.05) is 20.1 Å². The second-order valence-electron chi connectivity index (χ2n) is 7.54. The summed E-state index contributed by atoms with van der Waals surface area (Å²) >= 11 is 0. The maximum absolute atomic E-state index is 12.8. The van der Waals surface area contributed by atoms with Gasteiger partial charge in [-0.2, -0.15) is 0 Å². The number of hydrogen-bond acceptors (Lipinski definition) is 8. The lowest BCUT2D eigenvalue weighted by Crippen LogP contribution is -2.40. The maximum atomic E-state index is 12.8. The molecule has 30 heavy (non-hydrogen) atoms. The van der Waals surface area contributed by atoms with Gasteiger partial charge in [0.25, 0.3) is 5.69 Å². The molecule has 0 amide bonds. The minimum absolute atomic E-state index is 0.0323. The number of aliphatic hydroxyl groups is 1. The molecule has 0 bridgehead atoms. The van der Waals surface area contributed by atoms with Crippen molar-refractivity contribution in [3.8, 4) is 22.8 Å². The van der Waals surface area contributed by atoms with Crippen LogP contribution in [-0.2, 0) is 0 Å². The molecule has 1 aromatic heterocycles. The monoisotopic (exact) mass is 412 g/mol. The first-order valence-electron chi connectivity index (χ1n) is 9.40. The van der Waals surface area contributed by atoms with E-state index in [-0.39, 0.29) is 33.7 Å². The van der Waals surface area contributed by atoms with E-state index in [2.05, 4.69) is 0 Å². The number of rotatable bonds is 3. The fourth-order valence-electron chi connectivity index (χ4n) is 4.02. The van der Waals surface area contributed by atoms with Gasteiger partial charge < -0.3 is 24.6 Å². The van der Waals surface area contributed by atoms with Crippen molar-refractivity contribution < 1.29 is 24.7 Å². The van der Waals surface area contributed by atoms with Crippen LogP contribution in [-0.4, -0.2) is 51.4 Å². The average Bonchev–Trinajstić information content (AvgIpc) is 2.68. The number of phenols is 2. The molecule has 0 saturated carbocycles. The summed E-state index contributed by atoms with van der Waals surface area (Å²) in [5.41, 5.74) is -0.206. The number of β-amino-alcohol motifs (C(OH)–C–C–N with tert-alkyl or cyclic N) is 1. The number of fused-ring (bicyclic) bond motifs is 1. The van der Waals surface area contributed by atoms with Crippen molar-refractivity contribution in [3.05, 3.63) is 62.3 Å². The zero-order valence-electron chi connectivity index (χ0n) is 16.1. The second kappa shape index (κ2) is 7.43. The van der Waals surface area contributed by atoms with Crippen LogP contribution in [0.1, 0.15) is 17.9 Å². The third kappa shape index (κ3) is 3.38. The Labute approximate surface area is 170 Å². The maximum Gasteiger partial charge on any atom is 0.270 e. The molecule has 3 N–H and O–H groups in total. The average molecular weight is 412 g/mol. The van der Waals surface area contributed by atoms with E-state index >= 15 is 0 Å². The van der Waals surface area contributed by atoms with E-state index in [0.717, 1.165) is 12.1 Å². The van der Waals surface area contributed by atoms with Crippen LogP contribution < -0.4 is 5.43 Å². The topological polar surface area (TPSA) is 137 Å². The third-order valence-electron chi connectivity index (χ3n) is 5.50. The van der Waals surface area contributed by atoms with E-state index in [1.54, 1.807) is 6.07 Å². The van der Waals surface area contributed by atoms with Crippen LogP contribution in [0.15, 0.2) is 45.6 Å². The predicted molar refractivity (Wildman–Crippen MR) is 109 cm³/mol. The van der Waals surface area contributed by atoms with E-state index < -0.39 is 28.1 Å². The zero-order valence-corrected chi connectivity index (χ0v) is 16.1. The zero-order chi connectivity index (χ0) is 21.6. The molecule has 1 fully saturated rings. The van der Waals surface area contributed by atoms with E-state index in [4.69, 9.17) is 4.42 Å². The summed E-state index contributed by atoms with van der Waals surface area (Å²) < 4.78 is 5.92. The minimum Gasteiger partial charge on any atom is -0.507 e. The summed E-state index contributed by atoms with van der Waals surface area (Å²) in [4.78, 5) is 25.3. The summed E-state index contributed by atoms with van der Waals surface area (Å²) in [6, 6.07) is 7.85. The lowest BCUT2D eigenvalue weighted by atomic mass is 9.85. The van der Waals surface area contributed by atoms with E-state index in [9.17, 15) is 30.2 Å². The molecule has 9 heteroatoms. The van der Waals surface area contributed by atoms with Crippen LogP contribution >= 0.6 is 0 Å². The quantitative estimate of drug-likeness (QED) is 0.441. The van der Waals surface area contributed by atoms with Gasteiger partial charge in [0.15, 0.2) is 5.43 Å². The number of aliphatic hydroxyl groups excluding tert-OH is 1. The first-order valence-corrected chi connectivity index (χ1v) is 9.40. The van der Waals surface area contributed by atoms with Gasteiger partial charge in [-0.05, 0) is 20.0 Å². The summed E-state index contributed by atoms with van der Waals surface area (Å²) in [6.07, 6.45) is -0.301. The molecule has 0 radical (unpaired) electrons. The second-order valence-corrected chi connectivity index (χ2v) is 7.54. The van der Waals surface area contributed by atoms with Gasteiger partial charge in [-0.1, -0.05) is 12.1 Å². The number of piperidine rings is 1. The molecule has 0 unspecified atom stereocenters. The van der Waals surface area contributed by atoms with Crippen LogP contribution in [0.5, 0.6) is 11.5 Å². The number of phenolic OH excluding ortho intramolecular Hbond substituents is 2. The van der Waals surface area contributed by atoms with Crippen molar-refractivity contribution in [2.24, 2.45) is 0 Å². The normalized spacial score (nSPS) is 19.8. The highest BCUT2D eigenvalue weighted by atomic mass is 16.6. The van der Waals surface area contributed by atoms with Crippen molar-refractivity contribution in [1.29, 1.82) is 0 Å². The molecule has 9 nitrogen and oxygen atoms in total. The van der Waals surface area contributed by atoms with Gasteiger partial charge in [-0.3, -0.25) is 14.9 Å². The largest absolute Gasteiger partial charge is 0.507 e. The lowest BCUT2D eigenvalue weighted by molar-refractivity contribution is -0.384. The molecule has 2 atom stereocenters. The number of aromatic hydroxyl groups is 2. The Morgan fingerprint density at radius 3 is 2.67 bits per heavy atom. The van der Waals surface area contributed by atoms with Gasteiger partial charge in [0.05, 0.1) is 11.0 Å². The third-order valence-corrected chi connectivity index (χ3v) is 5.50. The van der Waals surface area contributed by atoms with E-state index in [1.165, 1.54) is 18.2 Å². The lowest BCUT2D eigenvalue weighted by Gasteiger charge is -2.34. The van der Waals surface area contributed by atoms with Crippen molar-refractivity contribution >= 4 is 16.7 Å². The smallest absolute Gasteiger partial charge is 0.270 e. The summed E-state index contributed by atoms with van der Waals surface area (Å²) in [5.74, 6) is -1.17. The van der Waals surface area contributed by atoms with Gasteiger partial charge in [0, 0.05) is 47.9 Å². The Hall–Kier alpha value is -3.43. The summed E-state index contributed by atoms with van der Waals surface area (Å²) in [5, 5.41) is 42.4. The molecule has 2 heterocycles. The Morgan fingerprint density at radius 2 is 1.97 bits per heavy atom. The fourth-order valence-corrected chi connectivity index (χ4v) is 4.02. The Morgan fingerprint density at radius 1 is 1.20 bits per heavy atom. The van der Waals surface area contributed by atoms with Crippen LogP contribution in [0, 0.1) is 10.1 Å². The van der Waals surface area contributed by atoms with Crippen LogP contribution in [0.2, 0.25) is 0 Å².